The normalized spacial score (nSPS) is 25.0. The van der Waals surface area contributed by atoms with Gasteiger partial charge in [0.1, 0.15) is 0 Å². The van der Waals surface area contributed by atoms with Gasteiger partial charge in [-0.25, -0.2) is 0 Å². The van der Waals surface area contributed by atoms with E-state index in [4.69, 9.17) is 4.43 Å². The molecule has 0 aromatic carbocycles. The first-order valence-electron chi connectivity index (χ1n) is 2.47. The molecule has 1 aliphatic heterocycles. The molecule has 0 unspecified atom stereocenters. The topological polar surface area (TPSA) is 21.6 Å². The van der Waals surface area contributed by atoms with Crippen LogP contribution < -0.4 is 0 Å². The summed E-state index contributed by atoms with van der Waals surface area (Å²) in [7, 11) is -0.451. The minimum Gasteiger partial charge on any atom is -0.402 e. The number of hydrogen-bond donors (Lipinski definition) is 0. The largest absolute Gasteiger partial charge is 0.402 e. The standard InChI is InChI=1S/C4H9NOSi/c1-4-2-3-6-7-5-4/h2-3,7H2,1H3. The molecule has 1 rings (SSSR count). The number of hydrogen-bond acceptors (Lipinski definition) is 2. The van der Waals surface area contributed by atoms with Crippen molar-refractivity contribution in [2.24, 2.45) is 4.66 Å². The predicted molar refractivity (Wildman–Crippen MR) is 32.2 cm³/mol. The quantitative estimate of drug-likeness (QED) is 0.403. The summed E-state index contributed by atoms with van der Waals surface area (Å²) >= 11 is 0. The van der Waals surface area contributed by atoms with Gasteiger partial charge in [-0.3, -0.25) is 0 Å². The van der Waals surface area contributed by atoms with Crippen molar-refractivity contribution in [1.29, 1.82) is 0 Å². The molecule has 1 heterocycles. The molecule has 0 amide bonds. The minimum atomic E-state index is -0.451. The molecule has 0 atom stereocenters. The molecule has 0 saturated carbocycles. The summed E-state index contributed by atoms with van der Waals surface area (Å²) in [4.78, 5) is 0. The second-order valence-corrected chi connectivity index (χ2v) is 2.66. The third-order valence-electron chi connectivity index (χ3n) is 1.03. The molecule has 0 fully saturated rings. The zero-order chi connectivity index (χ0) is 5.11. The van der Waals surface area contributed by atoms with Gasteiger partial charge >= 0.3 is 0 Å². The van der Waals surface area contributed by atoms with E-state index in [1.165, 1.54) is 5.71 Å². The molecule has 7 heavy (non-hydrogen) atoms. The van der Waals surface area contributed by atoms with Crippen LogP contribution in [0.25, 0.3) is 0 Å². The lowest BCUT2D eigenvalue weighted by Gasteiger charge is -2.06. The predicted octanol–water partition coefficient (Wildman–Crippen LogP) is -0.134. The van der Waals surface area contributed by atoms with Gasteiger partial charge in [0.2, 0.25) is 0 Å². The average molecular weight is 115 g/mol. The molecule has 0 radical (unpaired) electrons. The van der Waals surface area contributed by atoms with Crippen molar-refractivity contribution < 1.29 is 4.43 Å². The van der Waals surface area contributed by atoms with Crippen LogP contribution >= 0.6 is 0 Å². The molecular formula is C4H9NOSi. The first-order valence-corrected chi connectivity index (χ1v) is 3.68. The Morgan fingerprint density at radius 3 is 3.00 bits per heavy atom. The van der Waals surface area contributed by atoms with Gasteiger partial charge in [0.15, 0.2) is 0 Å². The van der Waals surface area contributed by atoms with Gasteiger partial charge in [-0.2, -0.15) is 0 Å². The molecule has 1 aliphatic rings. The van der Waals surface area contributed by atoms with Crippen molar-refractivity contribution >= 4 is 15.6 Å². The number of rotatable bonds is 0. The molecule has 0 N–H and O–H groups in total. The molecule has 0 saturated heterocycles. The van der Waals surface area contributed by atoms with Gasteiger partial charge in [0, 0.05) is 18.7 Å². The fourth-order valence-electron chi connectivity index (χ4n) is 0.519. The highest BCUT2D eigenvalue weighted by molar-refractivity contribution is 6.29. The molecule has 0 aliphatic carbocycles. The Kier molecular flexibility index (Phi) is 1.59. The van der Waals surface area contributed by atoms with E-state index in [9.17, 15) is 0 Å². The third kappa shape index (κ3) is 1.41. The maximum absolute atomic E-state index is 5.09. The fraction of sp³-hybridized carbons (Fsp3) is 0.750. The summed E-state index contributed by atoms with van der Waals surface area (Å²) in [6.07, 6.45) is 1.05. The van der Waals surface area contributed by atoms with Gasteiger partial charge in [0.25, 0.3) is 9.92 Å². The van der Waals surface area contributed by atoms with Crippen LogP contribution in [-0.4, -0.2) is 22.2 Å². The van der Waals surface area contributed by atoms with Crippen LogP contribution in [0.2, 0.25) is 0 Å². The smallest absolute Gasteiger partial charge is 0.286 e. The Morgan fingerprint density at radius 1 is 1.86 bits per heavy atom. The zero-order valence-electron chi connectivity index (χ0n) is 4.48. The van der Waals surface area contributed by atoms with E-state index in [1.54, 1.807) is 0 Å². The first-order chi connectivity index (χ1) is 3.39. The van der Waals surface area contributed by atoms with Gasteiger partial charge < -0.3 is 9.08 Å². The summed E-state index contributed by atoms with van der Waals surface area (Å²) in [6, 6.07) is 0. The van der Waals surface area contributed by atoms with Crippen LogP contribution in [-0.2, 0) is 4.43 Å². The van der Waals surface area contributed by atoms with E-state index < -0.39 is 9.92 Å². The molecule has 0 bridgehead atoms. The summed E-state index contributed by atoms with van der Waals surface area (Å²) in [5.74, 6) is 0. The highest BCUT2D eigenvalue weighted by atomic mass is 28.2. The number of nitrogens with zero attached hydrogens (tertiary/aromatic N) is 1. The average Bonchev–Trinajstić information content (AvgIpc) is 1.69. The van der Waals surface area contributed by atoms with E-state index >= 15 is 0 Å². The van der Waals surface area contributed by atoms with Gasteiger partial charge in [-0.15, -0.1) is 0 Å². The maximum atomic E-state index is 5.09. The highest BCUT2D eigenvalue weighted by Gasteiger charge is 1.96. The molecule has 3 heteroatoms. The van der Waals surface area contributed by atoms with Crippen LogP contribution in [0.4, 0.5) is 0 Å². The third-order valence-corrected chi connectivity index (χ3v) is 2.17. The Balaban J connectivity index is 2.40. The monoisotopic (exact) mass is 115 g/mol. The van der Waals surface area contributed by atoms with Gasteiger partial charge in [-0.1, -0.05) is 0 Å². The summed E-state index contributed by atoms with van der Waals surface area (Å²) < 4.78 is 9.25. The summed E-state index contributed by atoms with van der Waals surface area (Å²) in [5, 5.41) is 0. The second kappa shape index (κ2) is 2.23. The lowest BCUT2D eigenvalue weighted by molar-refractivity contribution is 0.342. The van der Waals surface area contributed by atoms with Crippen LogP contribution in [0, 0.1) is 0 Å². The van der Waals surface area contributed by atoms with Crippen molar-refractivity contribution in [2.75, 3.05) is 6.61 Å². The van der Waals surface area contributed by atoms with Crippen LogP contribution in [0.1, 0.15) is 13.3 Å². The van der Waals surface area contributed by atoms with E-state index in [0.717, 1.165) is 13.0 Å². The van der Waals surface area contributed by atoms with Crippen molar-refractivity contribution in [3.8, 4) is 0 Å². The summed E-state index contributed by atoms with van der Waals surface area (Å²) in [5.41, 5.74) is 1.28. The van der Waals surface area contributed by atoms with Crippen molar-refractivity contribution in [2.45, 2.75) is 13.3 Å². The van der Waals surface area contributed by atoms with Crippen LogP contribution in [0.5, 0.6) is 0 Å². The van der Waals surface area contributed by atoms with Crippen LogP contribution in [0.15, 0.2) is 4.66 Å². The van der Waals surface area contributed by atoms with E-state index in [-0.39, 0.29) is 0 Å². The Hall–Kier alpha value is -0.153. The zero-order valence-corrected chi connectivity index (χ0v) is 5.89. The Bertz CT molecular complexity index is 91.7. The molecule has 0 spiro atoms. The highest BCUT2D eigenvalue weighted by Crippen LogP contribution is 1.92. The van der Waals surface area contributed by atoms with Crippen molar-refractivity contribution in [3.05, 3.63) is 0 Å². The summed E-state index contributed by atoms with van der Waals surface area (Å²) in [6.45, 7) is 2.98. The first kappa shape index (κ1) is 4.99. The molecule has 0 aromatic heterocycles. The van der Waals surface area contributed by atoms with Crippen molar-refractivity contribution in [1.82, 2.24) is 0 Å². The molecule has 2 nitrogen and oxygen atoms in total. The van der Waals surface area contributed by atoms with Gasteiger partial charge in [-0.05, 0) is 6.92 Å². The maximum Gasteiger partial charge on any atom is 0.286 e. The van der Waals surface area contributed by atoms with E-state index in [1.807, 2.05) is 0 Å². The Morgan fingerprint density at radius 2 is 2.71 bits per heavy atom. The lowest BCUT2D eigenvalue weighted by atomic mass is 10.3. The van der Waals surface area contributed by atoms with Gasteiger partial charge in [0.05, 0.1) is 0 Å². The van der Waals surface area contributed by atoms with Crippen LogP contribution in [0.3, 0.4) is 0 Å². The van der Waals surface area contributed by atoms with Crippen molar-refractivity contribution in [3.63, 3.8) is 0 Å². The fourth-order valence-corrected chi connectivity index (χ4v) is 1.26. The SMILES string of the molecule is CC1=N[SiH2]OCC1. The van der Waals surface area contributed by atoms with E-state index in [2.05, 4.69) is 11.6 Å². The molecule has 0 aromatic rings. The second-order valence-electron chi connectivity index (χ2n) is 1.68. The Labute approximate surface area is 45.6 Å². The molecular weight excluding hydrogens is 106 g/mol. The molecule has 40 valence electrons. The van der Waals surface area contributed by atoms with E-state index in [0.29, 0.717) is 0 Å². The lowest BCUT2D eigenvalue weighted by Crippen LogP contribution is -2.11. The minimum absolute atomic E-state index is 0.451.